The number of carbonyl (C=O) groups is 5. The molecule has 0 spiro atoms. The largest absolute Gasteiger partial charge is 0.483 e. The molecule has 2 atom stereocenters. The maximum Gasteiger partial charge on any atom is 0.409 e. The zero-order chi connectivity index (χ0) is 37.2. The first-order valence-corrected chi connectivity index (χ1v) is 18.6. The van der Waals surface area contributed by atoms with Gasteiger partial charge in [-0.3, -0.25) is 19.2 Å². The van der Waals surface area contributed by atoms with Crippen LogP contribution in [-0.2, 0) is 30.5 Å². The van der Waals surface area contributed by atoms with Crippen molar-refractivity contribution in [1.29, 1.82) is 0 Å². The summed E-state index contributed by atoms with van der Waals surface area (Å²) in [6, 6.07) is 17.0. The Kier molecular flexibility index (Phi) is 12.7. The number of carbonyl (C=O) groups excluding carboxylic acids is 5. The second-order valence-corrected chi connectivity index (χ2v) is 13.6. The number of nitrogens with zero attached hydrogens (tertiary/aromatic N) is 4. The van der Waals surface area contributed by atoms with Gasteiger partial charge in [0.1, 0.15) is 23.5 Å². The number of para-hydroxylation sites is 1. The third-order valence-electron chi connectivity index (χ3n) is 9.97. The molecule has 14 heteroatoms. The fourth-order valence-corrected chi connectivity index (χ4v) is 6.79. The van der Waals surface area contributed by atoms with Gasteiger partial charge in [-0.2, -0.15) is 0 Å². The number of fused-ring (bicyclic) bond motifs is 1. The van der Waals surface area contributed by atoms with Crippen molar-refractivity contribution in [2.24, 2.45) is 0 Å². The minimum absolute atomic E-state index is 0.0141. The maximum absolute atomic E-state index is 13.9. The summed E-state index contributed by atoms with van der Waals surface area (Å²) in [6.45, 7) is 3.90. The Bertz CT molecular complexity index is 1760. The summed E-state index contributed by atoms with van der Waals surface area (Å²) in [5.74, 6) is -1.04. The van der Waals surface area contributed by atoms with Gasteiger partial charge >= 0.3 is 6.09 Å². The van der Waals surface area contributed by atoms with E-state index in [0.717, 1.165) is 31.2 Å². The van der Waals surface area contributed by atoms with E-state index in [0.29, 0.717) is 43.6 Å². The number of hydrogen-bond donors (Lipinski definition) is 2. The van der Waals surface area contributed by atoms with Gasteiger partial charge in [0.25, 0.3) is 11.8 Å². The molecule has 2 N–H and O–H groups in total. The molecular weight excluding hydrogens is 680 g/mol. The van der Waals surface area contributed by atoms with Crippen molar-refractivity contribution in [1.82, 2.24) is 30.3 Å². The van der Waals surface area contributed by atoms with Gasteiger partial charge in [-0.15, -0.1) is 0 Å². The quantitative estimate of drug-likeness (QED) is 0.238. The van der Waals surface area contributed by atoms with Crippen LogP contribution in [-0.4, -0.2) is 120 Å². The molecule has 53 heavy (non-hydrogen) atoms. The van der Waals surface area contributed by atoms with Crippen LogP contribution in [0.3, 0.4) is 0 Å². The number of pyridine rings is 1. The van der Waals surface area contributed by atoms with E-state index in [1.165, 1.54) is 6.07 Å². The lowest BCUT2D eigenvalue weighted by molar-refractivity contribution is -0.140. The van der Waals surface area contributed by atoms with E-state index in [4.69, 9.17) is 14.2 Å². The molecule has 5 amide bonds. The smallest absolute Gasteiger partial charge is 0.409 e. The number of hydrogen-bond acceptors (Lipinski definition) is 9. The van der Waals surface area contributed by atoms with E-state index in [9.17, 15) is 24.0 Å². The minimum Gasteiger partial charge on any atom is -0.483 e. The van der Waals surface area contributed by atoms with E-state index in [-0.39, 0.29) is 74.5 Å². The second-order valence-electron chi connectivity index (χ2n) is 13.6. The minimum atomic E-state index is -0.940. The van der Waals surface area contributed by atoms with Crippen LogP contribution >= 0.6 is 0 Å². The van der Waals surface area contributed by atoms with Gasteiger partial charge in [0.15, 0.2) is 6.61 Å². The van der Waals surface area contributed by atoms with Crippen molar-refractivity contribution in [2.45, 2.75) is 70.2 Å². The van der Waals surface area contributed by atoms with Crippen LogP contribution in [0.1, 0.15) is 61.5 Å². The van der Waals surface area contributed by atoms with Crippen molar-refractivity contribution >= 4 is 40.6 Å². The molecular formula is C39H48N6O8. The van der Waals surface area contributed by atoms with E-state index in [1.54, 1.807) is 39.8 Å². The third kappa shape index (κ3) is 9.60. The molecule has 3 aliphatic rings. The van der Waals surface area contributed by atoms with Gasteiger partial charge in [-0.1, -0.05) is 42.5 Å². The summed E-state index contributed by atoms with van der Waals surface area (Å²) in [6.07, 6.45) is 4.14. The Morgan fingerprint density at radius 2 is 1.62 bits per heavy atom. The molecule has 1 aromatic heterocycles. The van der Waals surface area contributed by atoms with Crippen LogP contribution in [0, 0.1) is 0 Å². The average Bonchev–Trinajstić information content (AvgIpc) is 3.67. The number of benzene rings is 2. The summed E-state index contributed by atoms with van der Waals surface area (Å²) in [4.78, 5) is 75.6. The summed E-state index contributed by atoms with van der Waals surface area (Å²) in [5, 5.41) is 6.54. The van der Waals surface area contributed by atoms with Crippen molar-refractivity contribution in [2.75, 3.05) is 52.5 Å². The summed E-state index contributed by atoms with van der Waals surface area (Å²) >= 11 is 0. The standard InChI is InChI=1S/C39H48N6O8/c1-2-52-39(50)44-21-19-43(20-22-44)38(49)31(17-23-51-25-27-10-4-3-5-11-27)42-36(47)32-24-34(29-14-6-7-15-30(29)41-32)53-26-35(46)45-18-9-16-33(45)37(48)40-28-12-8-13-28/h3-7,10-11,14-15,24,28,31,33H,2,8-9,12-13,16-23,25-26H2,1H3,(H,40,48)(H,42,47)/t31-,33-/m0/s1. The molecule has 0 unspecified atom stereocenters. The van der Waals surface area contributed by atoms with Crippen LogP contribution in [0.2, 0.25) is 0 Å². The molecule has 1 aliphatic carbocycles. The zero-order valence-corrected chi connectivity index (χ0v) is 30.2. The van der Waals surface area contributed by atoms with Gasteiger partial charge in [0.2, 0.25) is 11.8 Å². The Hall–Kier alpha value is -5.24. The van der Waals surface area contributed by atoms with E-state index < -0.39 is 24.1 Å². The maximum atomic E-state index is 13.9. The summed E-state index contributed by atoms with van der Waals surface area (Å²) in [5.41, 5.74) is 1.48. The Labute approximate surface area is 309 Å². The molecule has 2 aliphatic heterocycles. The highest BCUT2D eigenvalue weighted by atomic mass is 16.6. The van der Waals surface area contributed by atoms with Gasteiger partial charge in [0, 0.05) is 56.8 Å². The van der Waals surface area contributed by atoms with Gasteiger partial charge in [0.05, 0.1) is 18.7 Å². The lowest BCUT2D eigenvalue weighted by atomic mass is 9.93. The number of likely N-dealkylation sites (tertiary alicyclic amines) is 1. The number of ether oxygens (including phenoxy) is 3. The predicted molar refractivity (Wildman–Crippen MR) is 195 cm³/mol. The Morgan fingerprint density at radius 1 is 0.887 bits per heavy atom. The first-order valence-electron chi connectivity index (χ1n) is 18.6. The normalized spacial score (nSPS) is 17.9. The number of piperazine rings is 1. The van der Waals surface area contributed by atoms with Crippen LogP contribution in [0.5, 0.6) is 5.75 Å². The van der Waals surface area contributed by atoms with Crippen LogP contribution in [0.15, 0.2) is 60.7 Å². The van der Waals surface area contributed by atoms with Crippen molar-refractivity contribution in [3.05, 3.63) is 71.9 Å². The number of amides is 5. The number of aromatic nitrogens is 1. The molecule has 2 saturated heterocycles. The first kappa shape index (κ1) is 37.5. The van der Waals surface area contributed by atoms with E-state index in [1.807, 2.05) is 36.4 Å². The first-order chi connectivity index (χ1) is 25.8. The fourth-order valence-electron chi connectivity index (χ4n) is 6.79. The molecule has 2 aromatic carbocycles. The van der Waals surface area contributed by atoms with Crippen LogP contribution < -0.4 is 15.4 Å². The van der Waals surface area contributed by atoms with Crippen molar-refractivity contribution in [3.8, 4) is 5.75 Å². The van der Waals surface area contributed by atoms with Crippen molar-refractivity contribution in [3.63, 3.8) is 0 Å². The highest BCUT2D eigenvalue weighted by molar-refractivity contribution is 5.99. The highest BCUT2D eigenvalue weighted by Crippen LogP contribution is 2.27. The number of rotatable bonds is 14. The summed E-state index contributed by atoms with van der Waals surface area (Å²) < 4.78 is 17.1. The van der Waals surface area contributed by atoms with Gasteiger partial charge in [-0.05, 0) is 63.1 Å². The van der Waals surface area contributed by atoms with Crippen LogP contribution in [0.25, 0.3) is 10.9 Å². The lowest BCUT2D eigenvalue weighted by Gasteiger charge is -2.36. The van der Waals surface area contributed by atoms with E-state index in [2.05, 4.69) is 15.6 Å². The van der Waals surface area contributed by atoms with Gasteiger partial charge < -0.3 is 39.5 Å². The number of nitrogens with one attached hydrogen (secondary N) is 2. The average molecular weight is 729 g/mol. The van der Waals surface area contributed by atoms with E-state index >= 15 is 0 Å². The van der Waals surface area contributed by atoms with Gasteiger partial charge in [-0.25, -0.2) is 9.78 Å². The highest BCUT2D eigenvalue weighted by Gasteiger charge is 2.36. The SMILES string of the molecule is CCOC(=O)N1CCN(C(=O)[C@H](CCOCc2ccccc2)NC(=O)c2cc(OCC(=O)N3CCC[C@H]3C(=O)NC3CCC3)c3ccccc3n2)CC1. The fraction of sp³-hybridized carbons (Fsp3) is 0.487. The van der Waals surface area contributed by atoms with Crippen LogP contribution in [0.4, 0.5) is 4.79 Å². The molecule has 6 rings (SSSR count). The molecule has 0 bridgehead atoms. The molecule has 0 radical (unpaired) electrons. The monoisotopic (exact) mass is 728 g/mol. The molecule has 1 saturated carbocycles. The molecule has 14 nitrogen and oxygen atoms in total. The molecule has 3 fully saturated rings. The zero-order valence-electron chi connectivity index (χ0n) is 30.2. The predicted octanol–water partition coefficient (Wildman–Crippen LogP) is 3.28. The summed E-state index contributed by atoms with van der Waals surface area (Å²) in [7, 11) is 0. The topological polar surface area (TPSA) is 160 Å². The Balaban J connectivity index is 1.13. The molecule has 282 valence electrons. The molecule has 3 heterocycles. The third-order valence-corrected chi connectivity index (χ3v) is 9.97. The molecule has 3 aromatic rings. The second kappa shape index (κ2) is 18.0. The van der Waals surface area contributed by atoms with Crippen molar-refractivity contribution < 1.29 is 38.2 Å². The Morgan fingerprint density at radius 3 is 2.36 bits per heavy atom. The lowest BCUT2D eigenvalue weighted by Crippen LogP contribution is -2.56.